The number of fused-ring (bicyclic) bond motifs is 1. The molecule has 2 aromatic heterocycles. The Morgan fingerprint density at radius 2 is 2.10 bits per heavy atom. The standard InChI is InChI=1S/C15H16N6/c1-15(5-6-15)20-13-10-3-2-9(11-4-7-17-21-11)8-12(10)18-14(16)19-13/h2-4,7-8H,5-6H2,1H3,(H,17,21)(H3,16,18,19,20). The average Bonchev–Trinajstić information content (AvgIpc) is 2.97. The lowest BCUT2D eigenvalue weighted by Crippen LogP contribution is -2.17. The van der Waals surface area contributed by atoms with E-state index in [0.717, 1.165) is 40.8 Å². The summed E-state index contributed by atoms with van der Waals surface area (Å²) >= 11 is 0. The minimum absolute atomic E-state index is 0.149. The molecule has 6 heteroatoms. The first-order chi connectivity index (χ1) is 10.1. The molecule has 1 aliphatic carbocycles. The van der Waals surface area contributed by atoms with Crippen molar-refractivity contribution >= 4 is 22.7 Å². The fourth-order valence-corrected chi connectivity index (χ4v) is 2.43. The van der Waals surface area contributed by atoms with Crippen LogP contribution in [0.1, 0.15) is 19.8 Å². The molecule has 1 aromatic carbocycles. The van der Waals surface area contributed by atoms with Crippen LogP contribution in [0, 0.1) is 0 Å². The number of nitrogens with zero attached hydrogens (tertiary/aromatic N) is 3. The molecule has 0 atom stereocenters. The first-order valence-corrected chi connectivity index (χ1v) is 6.98. The molecule has 1 aliphatic rings. The Bertz CT molecular complexity index is 804. The van der Waals surface area contributed by atoms with Crippen LogP contribution in [-0.2, 0) is 0 Å². The fraction of sp³-hybridized carbons (Fsp3) is 0.267. The first-order valence-electron chi connectivity index (χ1n) is 6.98. The Balaban J connectivity index is 1.84. The largest absolute Gasteiger partial charge is 0.368 e. The third-order valence-electron chi connectivity index (χ3n) is 3.95. The summed E-state index contributed by atoms with van der Waals surface area (Å²) in [6.07, 6.45) is 4.05. The molecule has 21 heavy (non-hydrogen) atoms. The van der Waals surface area contributed by atoms with Crippen molar-refractivity contribution in [1.82, 2.24) is 20.2 Å². The molecular weight excluding hydrogens is 264 g/mol. The molecule has 106 valence electrons. The summed E-state index contributed by atoms with van der Waals surface area (Å²) in [6.45, 7) is 2.19. The number of rotatable bonds is 3. The molecule has 0 aliphatic heterocycles. The highest BCUT2D eigenvalue weighted by atomic mass is 15.1. The van der Waals surface area contributed by atoms with E-state index in [1.54, 1.807) is 6.20 Å². The zero-order chi connectivity index (χ0) is 14.4. The summed E-state index contributed by atoms with van der Waals surface area (Å²) in [5.41, 5.74) is 8.82. The molecular formula is C15H16N6. The van der Waals surface area contributed by atoms with E-state index in [4.69, 9.17) is 5.73 Å². The van der Waals surface area contributed by atoms with E-state index in [0.29, 0.717) is 0 Å². The van der Waals surface area contributed by atoms with Crippen LogP contribution in [-0.4, -0.2) is 25.7 Å². The number of nitrogen functional groups attached to an aromatic ring is 1. The molecule has 0 radical (unpaired) electrons. The quantitative estimate of drug-likeness (QED) is 0.685. The van der Waals surface area contributed by atoms with Crippen LogP contribution in [0.15, 0.2) is 30.5 Å². The van der Waals surface area contributed by atoms with Crippen molar-refractivity contribution in [1.29, 1.82) is 0 Å². The summed E-state index contributed by atoms with van der Waals surface area (Å²) < 4.78 is 0. The summed E-state index contributed by atoms with van der Waals surface area (Å²) in [5.74, 6) is 1.10. The van der Waals surface area contributed by atoms with Gasteiger partial charge in [0.25, 0.3) is 0 Å². The van der Waals surface area contributed by atoms with Gasteiger partial charge in [-0.15, -0.1) is 0 Å². The number of hydrogen-bond acceptors (Lipinski definition) is 5. The maximum atomic E-state index is 5.85. The van der Waals surface area contributed by atoms with Gasteiger partial charge in [0.1, 0.15) is 5.82 Å². The second-order valence-electron chi connectivity index (χ2n) is 5.82. The van der Waals surface area contributed by atoms with Gasteiger partial charge in [0.15, 0.2) is 0 Å². The fourth-order valence-electron chi connectivity index (χ4n) is 2.43. The second kappa shape index (κ2) is 4.18. The maximum absolute atomic E-state index is 5.85. The molecule has 1 saturated carbocycles. The zero-order valence-corrected chi connectivity index (χ0v) is 11.7. The first kappa shape index (κ1) is 12.1. The lowest BCUT2D eigenvalue weighted by atomic mass is 10.1. The highest BCUT2D eigenvalue weighted by molar-refractivity contribution is 5.93. The number of anilines is 2. The van der Waals surface area contributed by atoms with Crippen molar-refractivity contribution in [2.75, 3.05) is 11.1 Å². The van der Waals surface area contributed by atoms with Crippen molar-refractivity contribution in [3.05, 3.63) is 30.5 Å². The number of nitrogens with one attached hydrogen (secondary N) is 2. The van der Waals surface area contributed by atoms with Crippen molar-refractivity contribution in [2.45, 2.75) is 25.3 Å². The number of nitrogens with two attached hydrogens (primary N) is 1. The summed E-state index contributed by atoms with van der Waals surface area (Å²) in [4.78, 5) is 8.70. The van der Waals surface area contributed by atoms with Gasteiger partial charge in [-0.25, -0.2) is 4.98 Å². The van der Waals surface area contributed by atoms with Crippen molar-refractivity contribution < 1.29 is 0 Å². The van der Waals surface area contributed by atoms with Gasteiger partial charge in [0, 0.05) is 22.7 Å². The number of H-pyrrole nitrogens is 1. The van der Waals surface area contributed by atoms with E-state index in [1.165, 1.54) is 0 Å². The molecule has 6 nitrogen and oxygen atoms in total. The number of hydrogen-bond donors (Lipinski definition) is 3. The van der Waals surface area contributed by atoms with Crippen LogP contribution in [0.4, 0.5) is 11.8 Å². The van der Waals surface area contributed by atoms with E-state index in [2.05, 4.69) is 32.4 Å². The molecule has 0 unspecified atom stereocenters. The minimum Gasteiger partial charge on any atom is -0.368 e. The summed E-state index contributed by atoms with van der Waals surface area (Å²) in [6, 6.07) is 7.99. The molecule has 4 N–H and O–H groups in total. The third kappa shape index (κ3) is 2.18. The Hall–Kier alpha value is -2.63. The molecule has 1 fully saturated rings. The van der Waals surface area contributed by atoms with Gasteiger partial charge in [0.05, 0.1) is 11.2 Å². The van der Waals surface area contributed by atoms with Crippen LogP contribution >= 0.6 is 0 Å². The second-order valence-corrected chi connectivity index (χ2v) is 5.82. The predicted octanol–water partition coefficient (Wildman–Crippen LogP) is 2.57. The maximum Gasteiger partial charge on any atom is 0.222 e. The number of benzene rings is 1. The van der Waals surface area contributed by atoms with Gasteiger partial charge >= 0.3 is 0 Å². The number of aromatic amines is 1. The molecule has 0 spiro atoms. The van der Waals surface area contributed by atoms with Gasteiger partial charge in [-0.3, -0.25) is 5.10 Å². The Morgan fingerprint density at radius 3 is 2.81 bits per heavy atom. The van der Waals surface area contributed by atoms with Crippen molar-refractivity contribution in [3.63, 3.8) is 0 Å². The monoisotopic (exact) mass is 280 g/mol. The molecule has 0 amide bonds. The van der Waals surface area contributed by atoms with E-state index < -0.39 is 0 Å². The summed E-state index contributed by atoms with van der Waals surface area (Å²) in [5, 5.41) is 11.4. The van der Waals surface area contributed by atoms with Gasteiger partial charge < -0.3 is 11.1 Å². The Labute approximate surface area is 121 Å². The molecule has 2 heterocycles. The molecule has 4 rings (SSSR count). The average molecular weight is 280 g/mol. The predicted molar refractivity (Wildman–Crippen MR) is 82.8 cm³/mol. The van der Waals surface area contributed by atoms with E-state index >= 15 is 0 Å². The third-order valence-corrected chi connectivity index (χ3v) is 3.95. The smallest absolute Gasteiger partial charge is 0.222 e. The normalized spacial score (nSPS) is 16.0. The lowest BCUT2D eigenvalue weighted by Gasteiger charge is -2.15. The van der Waals surface area contributed by atoms with Crippen LogP contribution in [0.3, 0.4) is 0 Å². The summed E-state index contributed by atoms with van der Waals surface area (Å²) in [7, 11) is 0. The van der Waals surface area contributed by atoms with Crippen molar-refractivity contribution in [3.8, 4) is 11.3 Å². The van der Waals surface area contributed by atoms with Gasteiger partial charge in [-0.2, -0.15) is 10.1 Å². The molecule has 0 saturated heterocycles. The van der Waals surface area contributed by atoms with Crippen molar-refractivity contribution in [2.24, 2.45) is 0 Å². The van der Waals surface area contributed by atoms with Gasteiger partial charge in [-0.1, -0.05) is 6.07 Å². The van der Waals surface area contributed by atoms with Crippen LogP contribution < -0.4 is 11.1 Å². The van der Waals surface area contributed by atoms with Crippen LogP contribution in [0.5, 0.6) is 0 Å². The van der Waals surface area contributed by atoms with E-state index in [1.807, 2.05) is 24.3 Å². The van der Waals surface area contributed by atoms with Crippen LogP contribution in [0.25, 0.3) is 22.2 Å². The van der Waals surface area contributed by atoms with E-state index in [9.17, 15) is 0 Å². The Kier molecular flexibility index (Phi) is 2.42. The van der Waals surface area contributed by atoms with Gasteiger partial charge in [0.2, 0.25) is 5.95 Å². The highest BCUT2D eigenvalue weighted by Gasteiger charge is 2.37. The Morgan fingerprint density at radius 1 is 1.24 bits per heavy atom. The zero-order valence-electron chi connectivity index (χ0n) is 11.7. The lowest BCUT2D eigenvalue weighted by molar-refractivity contribution is 0.823. The highest BCUT2D eigenvalue weighted by Crippen LogP contribution is 2.39. The number of aromatic nitrogens is 4. The van der Waals surface area contributed by atoms with Gasteiger partial charge in [-0.05, 0) is 38.0 Å². The van der Waals surface area contributed by atoms with E-state index in [-0.39, 0.29) is 11.5 Å². The molecule has 0 bridgehead atoms. The topological polar surface area (TPSA) is 92.5 Å². The minimum atomic E-state index is 0.149. The molecule has 3 aromatic rings. The SMILES string of the molecule is CC1(Nc2nc(N)nc3cc(-c4ccn[nH]4)ccc23)CC1. The van der Waals surface area contributed by atoms with Crippen LogP contribution in [0.2, 0.25) is 0 Å².